The van der Waals surface area contributed by atoms with Crippen molar-refractivity contribution in [2.45, 2.75) is 0 Å². The third kappa shape index (κ3) is 2.03. The molecule has 0 atom stereocenters. The summed E-state index contributed by atoms with van der Waals surface area (Å²) in [4.78, 5) is 0. The number of fused-ring (bicyclic) bond motifs is 4. The summed E-state index contributed by atoms with van der Waals surface area (Å²) in [5.41, 5.74) is 4.00. The number of benzene rings is 4. The predicted molar refractivity (Wildman–Crippen MR) is 103 cm³/mol. The van der Waals surface area contributed by atoms with E-state index in [2.05, 4.69) is 77.4 Å². The molecule has 0 aliphatic heterocycles. The summed E-state index contributed by atoms with van der Waals surface area (Å²) in [6, 6.07) is 31.4. The second kappa shape index (κ2) is 5.22. The Kier molecular flexibility index (Phi) is 2.89. The minimum absolute atomic E-state index is 0.671. The number of aromatic nitrogens is 1. The molecule has 0 amide bonds. The molecule has 0 N–H and O–H groups in total. The van der Waals surface area contributed by atoms with Crippen LogP contribution < -0.4 is 0 Å². The standard InChI is InChI=1S/C23H14N2/c24-15-16-6-5-9-19(12-16)25-22-11-4-3-10-20(22)21-13-17-7-1-2-8-18(17)14-23(21)25/h1-14H. The van der Waals surface area contributed by atoms with E-state index in [1.165, 1.54) is 21.5 Å². The third-order valence-corrected chi connectivity index (χ3v) is 4.77. The highest BCUT2D eigenvalue weighted by Crippen LogP contribution is 2.34. The number of nitriles is 1. The first kappa shape index (κ1) is 13.8. The molecular weight excluding hydrogens is 304 g/mol. The summed E-state index contributed by atoms with van der Waals surface area (Å²) in [7, 11) is 0. The lowest BCUT2D eigenvalue weighted by Crippen LogP contribution is -1.94. The summed E-state index contributed by atoms with van der Waals surface area (Å²) >= 11 is 0. The van der Waals surface area contributed by atoms with Gasteiger partial charge in [0.25, 0.3) is 0 Å². The van der Waals surface area contributed by atoms with Crippen LogP contribution in [0.15, 0.2) is 84.9 Å². The highest BCUT2D eigenvalue weighted by molar-refractivity contribution is 6.13. The second-order valence-corrected chi connectivity index (χ2v) is 6.23. The van der Waals surface area contributed by atoms with Gasteiger partial charge >= 0.3 is 0 Å². The van der Waals surface area contributed by atoms with Crippen LogP contribution in [-0.2, 0) is 0 Å². The Morgan fingerprint density at radius 1 is 0.640 bits per heavy atom. The zero-order valence-electron chi connectivity index (χ0n) is 13.5. The molecule has 4 aromatic carbocycles. The minimum Gasteiger partial charge on any atom is -0.309 e. The molecule has 116 valence electrons. The topological polar surface area (TPSA) is 28.7 Å². The smallest absolute Gasteiger partial charge is 0.0992 e. The van der Waals surface area contributed by atoms with Crippen LogP contribution >= 0.6 is 0 Å². The maximum Gasteiger partial charge on any atom is 0.0992 e. The number of hydrogen-bond acceptors (Lipinski definition) is 1. The van der Waals surface area contributed by atoms with Gasteiger partial charge in [-0.15, -0.1) is 0 Å². The normalized spacial score (nSPS) is 11.2. The average Bonchev–Trinajstić information content (AvgIpc) is 2.99. The summed E-state index contributed by atoms with van der Waals surface area (Å²) < 4.78 is 2.25. The molecule has 2 nitrogen and oxygen atoms in total. The number of hydrogen-bond donors (Lipinski definition) is 0. The van der Waals surface area contributed by atoms with E-state index in [1.54, 1.807) is 0 Å². The summed E-state index contributed by atoms with van der Waals surface area (Å²) in [5.74, 6) is 0. The van der Waals surface area contributed by atoms with E-state index >= 15 is 0 Å². The largest absolute Gasteiger partial charge is 0.309 e. The van der Waals surface area contributed by atoms with E-state index in [0.717, 1.165) is 16.7 Å². The average molecular weight is 318 g/mol. The van der Waals surface area contributed by atoms with E-state index in [0.29, 0.717) is 5.56 Å². The van der Waals surface area contributed by atoms with Crippen molar-refractivity contribution in [2.75, 3.05) is 0 Å². The minimum atomic E-state index is 0.671. The zero-order valence-corrected chi connectivity index (χ0v) is 13.5. The Morgan fingerprint density at radius 2 is 1.40 bits per heavy atom. The first-order valence-corrected chi connectivity index (χ1v) is 8.28. The van der Waals surface area contributed by atoms with Crippen LogP contribution in [0.1, 0.15) is 5.56 Å². The molecule has 0 radical (unpaired) electrons. The van der Waals surface area contributed by atoms with Gasteiger partial charge in [0.05, 0.1) is 22.7 Å². The Labute approximate surface area is 145 Å². The fourth-order valence-corrected chi connectivity index (χ4v) is 3.65. The molecule has 0 aliphatic carbocycles. The lowest BCUT2D eigenvalue weighted by molar-refractivity contribution is 1.18. The van der Waals surface area contributed by atoms with E-state index in [9.17, 15) is 5.26 Å². The molecule has 0 spiro atoms. The Balaban J connectivity index is 1.99. The van der Waals surface area contributed by atoms with Crippen LogP contribution in [0.2, 0.25) is 0 Å². The van der Waals surface area contributed by atoms with E-state index in [-0.39, 0.29) is 0 Å². The fraction of sp³-hybridized carbons (Fsp3) is 0. The van der Waals surface area contributed by atoms with Crippen molar-refractivity contribution < 1.29 is 0 Å². The van der Waals surface area contributed by atoms with Crippen molar-refractivity contribution in [3.8, 4) is 11.8 Å². The first-order chi connectivity index (χ1) is 12.3. The Bertz CT molecular complexity index is 1300. The highest BCUT2D eigenvalue weighted by atomic mass is 15.0. The van der Waals surface area contributed by atoms with Gasteiger partial charge in [0.1, 0.15) is 0 Å². The fourth-order valence-electron chi connectivity index (χ4n) is 3.65. The second-order valence-electron chi connectivity index (χ2n) is 6.23. The van der Waals surface area contributed by atoms with Crippen molar-refractivity contribution in [1.29, 1.82) is 5.26 Å². The lowest BCUT2D eigenvalue weighted by atomic mass is 10.1. The van der Waals surface area contributed by atoms with Gasteiger partial charge in [-0.25, -0.2) is 0 Å². The Morgan fingerprint density at radius 3 is 2.24 bits per heavy atom. The molecule has 0 saturated carbocycles. The van der Waals surface area contributed by atoms with Crippen molar-refractivity contribution in [3.05, 3.63) is 90.5 Å². The summed E-state index contributed by atoms with van der Waals surface area (Å²) in [5, 5.41) is 14.2. The van der Waals surface area contributed by atoms with Crippen molar-refractivity contribution >= 4 is 32.6 Å². The van der Waals surface area contributed by atoms with Crippen LogP contribution in [0, 0.1) is 11.3 Å². The maximum atomic E-state index is 9.27. The van der Waals surface area contributed by atoms with Gasteiger partial charge in [-0.2, -0.15) is 5.26 Å². The van der Waals surface area contributed by atoms with Crippen LogP contribution in [0.3, 0.4) is 0 Å². The van der Waals surface area contributed by atoms with Gasteiger partial charge in [0.2, 0.25) is 0 Å². The van der Waals surface area contributed by atoms with Crippen LogP contribution in [0.4, 0.5) is 0 Å². The van der Waals surface area contributed by atoms with E-state index in [4.69, 9.17) is 0 Å². The quantitative estimate of drug-likeness (QED) is 0.383. The van der Waals surface area contributed by atoms with Crippen LogP contribution in [-0.4, -0.2) is 4.57 Å². The molecule has 25 heavy (non-hydrogen) atoms. The summed E-state index contributed by atoms with van der Waals surface area (Å²) in [6.45, 7) is 0. The SMILES string of the molecule is N#Cc1cccc(-n2c3ccccc3c3cc4ccccc4cc32)c1. The van der Waals surface area contributed by atoms with Gasteiger partial charge in [-0.1, -0.05) is 48.5 Å². The van der Waals surface area contributed by atoms with Gasteiger partial charge < -0.3 is 4.57 Å². The Hall–Kier alpha value is -3.57. The van der Waals surface area contributed by atoms with Crippen LogP contribution in [0.25, 0.3) is 38.3 Å². The van der Waals surface area contributed by atoms with E-state index in [1.807, 2.05) is 18.2 Å². The molecule has 0 bridgehead atoms. The molecule has 1 aromatic heterocycles. The predicted octanol–water partition coefficient (Wildman–Crippen LogP) is 5.81. The molecule has 0 unspecified atom stereocenters. The van der Waals surface area contributed by atoms with Crippen molar-refractivity contribution in [3.63, 3.8) is 0 Å². The summed E-state index contributed by atoms with van der Waals surface area (Å²) in [6.07, 6.45) is 0. The van der Waals surface area contributed by atoms with Crippen molar-refractivity contribution in [1.82, 2.24) is 4.57 Å². The lowest BCUT2D eigenvalue weighted by Gasteiger charge is -2.08. The van der Waals surface area contributed by atoms with Gasteiger partial charge in [-0.3, -0.25) is 0 Å². The molecule has 0 saturated heterocycles. The van der Waals surface area contributed by atoms with Gasteiger partial charge in [0, 0.05) is 16.5 Å². The first-order valence-electron chi connectivity index (χ1n) is 8.28. The maximum absolute atomic E-state index is 9.27. The van der Waals surface area contributed by atoms with Gasteiger partial charge in [0.15, 0.2) is 0 Å². The molecule has 5 rings (SSSR count). The third-order valence-electron chi connectivity index (χ3n) is 4.77. The monoisotopic (exact) mass is 318 g/mol. The van der Waals surface area contributed by atoms with Gasteiger partial charge in [-0.05, 0) is 47.2 Å². The molecule has 0 fully saturated rings. The molecule has 5 aromatic rings. The number of para-hydroxylation sites is 1. The molecular formula is C23H14N2. The highest BCUT2D eigenvalue weighted by Gasteiger charge is 2.13. The molecule has 0 aliphatic rings. The number of nitrogens with zero attached hydrogens (tertiary/aromatic N) is 2. The van der Waals surface area contributed by atoms with E-state index < -0.39 is 0 Å². The molecule has 1 heterocycles. The van der Waals surface area contributed by atoms with Crippen LogP contribution in [0.5, 0.6) is 0 Å². The van der Waals surface area contributed by atoms with Crippen molar-refractivity contribution in [2.24, 2.45) is 0 Å². The molecule has 2 heteroatoms. The zero-order chi connectivity index (χ0) is 16.8. The number of rotatable bonds is 1.